The van der Waals surface area contributed by atoms with Crippen LogP contribution in [0.5, 0.6) is 5.75 Å². The van der Waals surface area contributed by atoms with E-state index in [0.29, 0.717) is 56.6 Å². The van der Waals surface area contributed by atoms with Gasteiger partial charge in [-0.05, 0) is 76.3 Å². The van der Waals surface area contributed by atoms with Crippen LogP contribution in [-0.4, -0.2) is 96.7 Å². The predicted octanol–water partition coefficient (Wildman–Crippen LogP) is 3.17. The third kappa shape index (κ3) is 8.72. The first-order chi connectivity index (χ1) is 26.0. The molecule has 3 fully saturated rings. The number of carbonyl (C=O) groups is 5. The molecule has 0 unspecified atom stereocenters. The molecule has 15 nitrogen and oxygen atoms in total. The molecule has 7 rings (SSSR count). The minimum absolute atomic E-state index is 0.0106. The molecule has 7 bridgehead atoms. The van der Waals surface area contributed by atoms with Crippen molar-refractivity contribution in [3.63, 3.8) is 0 Å². The highest BCUT2D eigenvalue weighted by molar-refractivity contribution is 7.91. The molecule has 1 saturated heterocycles. The van der Waals surface area contributed by atoms with Crippen LogP contribution in [0.4, 0.5) is 4.79 Å². The lowest BCUT2D eigenvalue weighted by Gasteiger charge is -2.30. The molecule has 1 aromatic carbocycles. The highest BCUT2D eigenvalue weighted by Gasteiger charge is 2.62. The molecule has 2 aliphatic carbocycles. The third-order valence-corrected chi connectivity index (χ3v) is 13.3. The molecular weight excluding hydrogens is 737 g/mol. The van der Waals surface area contributed by atoms with Crippen molar-refractivity contribution < 1.29 is 41.9 Å². The number of amides is 5. The maximum atomic E-state index is 14.4. The zero-order valence-corrected chi connectivity index (χ0v) is 31.6. The molecule has 5 atom stereocenters. The molecule has 54 heavy (non-hydrogen) atoms. The second-order valence-corrected chi connectivity index (χ2v) is 17.6. The fourth-order valence-corrected chi connectivity index (χ4v) is 9.42. The zero-order chi connectivity index (χ0) is 37.9. The lowest BCUT2D eigenvalue weighted by molar-refractivity contribution is -0.141. The predicted molar refractivity (Wildman–Crippen MR) is 198 cm³/mol. The van der Waals surface area contributed by atoms with E-state index >= 15 is 0 Å². The van der Waals surface area contributed by atoms with E-state index in [-0.39, 0.29) is 31.0 Å². The van der Waals surface area contributed by atoms with Gasteiger partial charge in [0, 0.05) is 29.4 Å². The molecular formula is C37H46N6O9S2. The van der Waals surface area contributed by atoms with Crippen molar-refractivity contribution in [2.45, 2.75) is 106 Å². The molecule has 4 N–H and O–H groups in total. The summed E-state index contributed by atoms with van der Waals surface area (Å²) in [5.41, 5.74) is -0.142. The topological polar surface area (TPSA) is 202 Å². The number of thiazole rings is 1. The number of benzene rings is 1. The maximum Gasteiger partial charge on any atom is 0.407 e. The van der Waals surface area contributed by atoms with E-state index in [4.69, 9.17) is 9.47 Å². The summed E-state index contributed by atoms with van der Waals surface area (Å²) in [4.78, 5) is 74.8. The van der Waals surface area contributed by atoms with Crippen molar-refractivity contribution in [3.05, 3.63) is 46.8 Å². The number of allylic oxidation sites excluding steroid dienone is 1. The van der Waals surface area contributed by atoms with Crippen LogP contribution in [0.2, 0.25) is 0 Å². The van der Waals surface area contributed by atoms with Crippen LogP contribution in [0.15, 0.2) is 41.8 Å². The molecule has 5 amide bonds. The number of nitrogens with zero attached hydrogens (tertiary/aromatic N) is 2. The average molecular weight is 783 g/mol. The Hall–Kier alpha value is -4.51. The summed E-state index contributed by atoms with van der Waals surface area (Å²) in [6.45, 7) is 0.558. The van der Waals surface area contributed by atoms with Gasteiger partial charge < -0.3 is 30.3 Å². The van der Waals surface area contributed by atoms with Gasteiger partial charge in [-0.1, -0.05) is 37.1 Å². The summed E-state index contributed by atoms with van der Waals surface area (Å²) in [7, 11) is -3.90. The largest absolute Gasteiger partial charge is 0.494 e. The normalized spacial score (nSPS) is 29.2. The molecule has 1 aromatic heterocycles. The van der Waals surface area contributed by atoms with Crippen molar-refractivity contribution in [1.82, 2.24) is 30.6 Å². The Bertz CT molecular complexity index is 1910. The quantitative estimate of drug-likeness (QED) is 0.335. The van der Waals surface area contributed by atoms with Crippen LogP contribution in [0.3, 0.4) is 0 Å². The van der Waals surface area contributed by atoms with Gasteiger partial charge in [-0.2, -0.15) is 0 Å². The number of carbonyl (C=O) groups excluding carboxylic acids is 5. The van der Waals surface area contributed by atoms with E-state index in [1.54, 1.807) is 5.38 Å². The van der Waals surface area contributed by atoms with Gasteiger partial charge in [-0.3, -0.25) is 23.9 Å². The van der Waals surface area contributed by atoms with Crippen LogP contribution >= 0.6 is 11.3 Å². The van der Waals surface area contributed by atoms with Crippen molar-refractivity contribution >= 4 is 51.1 Å². The summed E-state index contributed by atoms with van der Waals surface area (Å²) < 4.78 is 39.2. The number of alkyl carbamates (subject to hydrolysis) is 1. The Kier molecular flexibility index (Phi) is 11.2. The van der Waals surface area contributed by atoms with Crippen molar-refractivity contribution in [3.8, 4) is 17.0 Å². The molecule has 2 saturated carbocycles. The first-order valence-corrected chi connectivity index (χ1v) is 21.2. The highest BCUT2D eigenvalue weighted by Crippen LogP contribution is 2.46. The third-order valence-electron chi connectivity index (χ3n) is 10.6. The number of fused-ring (bicyclic) bond motifs is 8. The number of nitrogens with one attached hydrogen (secondary N) is 4. The summed E-state index contributed by atoms with van der Waals surface area (Å²) in [6.07, 6.45) is 9.35. The SMILES string of the molecule is O=C1N[C@H]2CCCCC/C=C\[C@H]3C[C@@]3(C(=O)NS(=O)(=O)C3CC3)NC(=O)[C@@H]3C[C@H](CN3C2=O)NC(=O)c2nc(cs2)-c2cccc(c2)OCCCCCO1. The Morgan fingerprint density at radius 1 is 0.981 bits per heavy atom. The summed E-state index contributed by atoms with van der Waals surface area (Å²) in [6, 6.07) is 4.60. The van der Waals surface area contributed by atoms with Gasteiger partial charge in [0.05, 0.1) is 24.2 Å². The summed E-state index contributed by atoms with van der Waals surface area (Å²) in [5, 5.41) is 9.84. The first-order valence-electron chi connectivity index (χ1n) is 18.8. The number of ether oxygens (including phenoxy) is 2. The lowest BCUT2D eigenvalue weighted by atomic mass is 10.0. The fourth-order valence-electron chi connectivity index (χ4n) is 7.33. The maximum absolute atomic E-state index is 14.4. The number of aromatic nitrogens is 1. The molecule has 0 radical (unpaired) electrons. The zero-order valence-electron chi connectivity index (χ0n) is 29.9. The van der Waals surface area contributed by atoms with Gasteiger partial charge in [-0.25, -0.2) is 18.2 Å². The fraction of sp³-hybridized carbons (Fsp3) is 0.568. The van der Waals surface area contributed by atoms with E-state index in [1.807, 2.05) is 36.4 Å². The van der Waals surface area contributed by atoms with Gasteiger partial charge in [-0.15, -0.1) is 11.3 Å². The Morgan fingerprint density at radius 2 is 1.78 bits per heavy atom. The van der Waals surface area contributed by atoms with Crippen LogP contribution in [-0.2, 0) is 29.1 Å². The van der Waals surface area contributed by atoms with Gasteiger partial charge >= 0.3 is 6.09 Å². The number of cyclic esters (lactones) is 1. The molecule has 290 valence electrons. The second kappa shape index (κ2) is 16.1. The van der Waals surface area contributed by atoms with Crippen LogP contribution in [0, 0.1) is 5.92 Å². The number of hydrogen-bond acceptors (Lipinski definition) is 11. The van der Waals surface area contributed by atoms with Gasteiger partial charge in [0.1, 0.15) is 23.4 Å². The lowest BCUT2D eigenvalue weighted by Crippen LogP contribution is -2.58. The number of rotatable bonds is 3. The van der Waals surface area contributed by atoms with Crippen LogP contribution < -0.4 is 25.4 Å². The monoisotopic (exact) mass is 782 g/mol. The van der Waals surface area contributed by atoms with Crippen LogP contribution in [0.1, 0.15) is 86.9 Å². The molecule has 5 aliphatic rings. The molecule has 17 heteroatoms. The summed E-state index contributed by atoms with van der Waals surface area (Å²) >= 11 is 1.16. The van der Waals surface area contributed by atoms with Gasteiger partial charge in [0.2, 0.25) is 21.8 Å². The highest BCUT2D eigenvalue weighted by atomic mass is 32.2. The Morgan fingerprint density at radius 3 is 2.59 bits per heavy atom. The Labute approximate surface area is 318 Å². The van der Waals surface area contributed by atoms with E-state index in [0.717, 1.165) is 42.6 Å². The van der Waals surface area contributed by atoms with E-state index in [2.05, 4.69) is 25.7 Å². The average Bonchev–Trinajstić information content (AvgIpc) is 4.02. The molecule has 2 aromatic rings. The van der Waals surface area contributed by atoms with E-state index in [1.165, 1.54) is 4.90 Å². The second-order valence-electron chi connectivity index (χ2n) is 14.7. The standard InChI is InChI=1S/C37H46N6O9S2/c44-31-30-19-25-21-43(30)34(46)28(13-6-3-1-2-5-11-24-20-37(24,41-31)35(47)42-54(49,50)27-14-15-27)40-36(48)52-17-8-4-7-16-51-26-12-9-10-23(18-26)29-22-53-33(39-29)32(45)38-25/h5,9-12,18,22,24-25,27-28,30H,1-4,6-8,13-17,19-21H2,(H,38,45)(H,40,48)(H,41,44)(H,42,47)/b11-5-/t24-,25+,28-,30-,37+/m0/s1. The van der Waals surface area contributed by atoms with E-state index in [9.17, 15) is 32.4 Å². The number of sulfonamides is 1. The smallest absolute Gasteiger partial charge is 0.407 e. The number of hydrogen-bond donors (Lipinski definition) is 4. The molecule has 0 spiro atoms. The summed E-state index contributed by atoms with van der Waals surface area (Å²) in [5.74, 6) is -2.24. The van der Waals surface area contributed by atoms with Crippen molar-refractivity contribution in [1.29, 1.82) is 0 Å². The van der Waals surface area contributed by atoms with Crippen molar-refractivity contribution in [2.24, 2.45) is 5.92 Å². The minimum Gasteiger partial charge on any atom is -0.494 e. The first kappa shape index (κ1) is 37.8. The van der Waals surface area contributed by atoms with Crippen molar-refractivity contribution in [2.75, 3.05) is 19.8 Å². The molecule has 3 aliphatic heterocycles. The van der Waals surface area contributed by atoms with Gasteiger partial charge in [0.25, 0.3) is 11.8 Å². The van der Waals surface area contributed by atoms with Gasteiger partial charge in [0.15, 0.2) is 5.01 Å². The Balaban J connectivity index is 1.17. The minimum atomic E-state index is -3.90. The van der Waals surface area contributed by atoms with E-state index < -0.39 is 74.6 Å². The van der Waals surface area contributed by atoms with Crippen LogP contribution in [0.25, 0.3) is 11.3 Å². The molecule has 4 heterocycles.